The van der Waals surface area contributed by atoms with Gasteiger partial charge < -0.3 is 10.3 Å². The molecule has 0 aromatic heterocycles. The monoisotopic (exact) mass is 338 g/mol. The molecule has 3 rings (SSSR count). The third kappa shape index (κ3) is 2.82. The molecule has 0 bridgehead atoms. The lowest BCUT2D eigenvalue weighted by atomic mass is 10.3. The first-order valence-electron chi connectivity index (χ1n) is 7.28. The fourth-order valence-electron chi connectivity index (χ4n) is 2.55. The van der Waals surface area contributed by atoms with Crippen LogP contribution < -0.4 is 21.6 Å². The van der Waals surface area contributed by atoms with Gasteiger partial charge in [-0.25, -0.2) is 0 Å². The van der Waals surface area contributed by atoms with Crippen molar-refractivity contribution >= 4 is 34.4 Å². The van der Waals surface area contributed by atoms with E-state index in [4.69, 9.17) is 5.73 Å². The van der Waals surface area contributed by atoms with Gasteiger partial charge in [-0.15, -0.1) is 0 Å². The largest absolute Gasteiger partial charge is 0.399 e. The van der Waals surface area contributed by atoms with Gasteiger partial charge in [0.2, 0.25) is 0 Å². The summed E-state index contributed by atoms with van der Waals surface area (Å²) in [7, 11) is -3.12. The maximum Gasteiger partial charge on any atom is 0.269 e. The third-order valence-electron chi connectivity index (χ3n) is 3.80. The molecule has 2 N–H and O–H groups in total. The van der Waals surface area contributed by atoms with Gasteiger partial charge in [-0.1, -0.05) is 30.3 Å². The van der Waals surface area contributed by atoms with Gasteiger partial charge in [0.25, 0.3) is 5.69 Å². The van der Waals surface area contributed by atoms with E-state index >= 15 is 0 Å². The summed E-state index contributed by atoms with van der Waals surface area (Å²) in [6, 6.07) is 21.9. The van der Waals surface area contributed by atoms with Crippen LogP contribution in [0.15, 0.2) is 78.9 Å². The first-order chi connectivity index (χ1) is 11.5. The minimum Gasteiger partial charge on any atom is -0.399 e. The van der Waals surface area contributed by atoms with Crippen molar-refractivity contribution in [3.63, 3.8) is 0 Å². The number of anilines is 1. The Bertz CT molecular complexity index is 907. The number of nitrogens with zero attached hydrogens (tertiary/aromatic N) is 1. The molecule has 6 heteroatoms. The van der Waals surface area contributed by atoms with Crippen molar-refractivity contribution in [3.8, 4) is 0 Å². The number of rotatable bonds is 4. The van der Waals surface area contributed by atoms with Crippen LogP contribution >= 0.6 is 7.14 Å². The Hall–Kier alpha value is -2.91. The molecule has 1 unspecified atom stereocenters. The van der Waals surface area contributed by atoms with Crippen LogP contribution in [0.25, 0.3) is 0 Å². The van der Waals surface area contributed by atoms with Crippen LogP contribution in [0, 0.1) is 10.1 Å². The molecule has 0 aliphatic heterocycles. The van der Waals surface area contributed by atoms with Gasteiger partial charge in [0.05, 0.1) is 4.92 Å². The fraction of sp³-hybridized carbons (Fsp3) is 0. The average molecular weight is 338 g/mol. The molecule has 0 amide bonds. The lowest BCUT2D eigenvalue weighted by Gasteiger charge is -2.20. The van der Waals surface area contributed by atoms with Crippen molar-refractivity contribution in [2.45, 2.75) is 0 Å². The van der Waals surface area contributed by atoms with Crippen molar-refractivity contribution in [3.05, 3.63) is 89.0 Å². The molecule has 0 aliphatic carbocycles. The van der Waals surface area contributed by atoms with Gasteiger partial charge >= 0.3 is 0 Å². The molecule has 0 saturated heterocycles. The van der Waals surface area contributed by atoms with E-state index in [0.29, 0.717) is 21.6 Å². The number of nitro benzene ring substituents is 1. The molecule has 0 aliphatic rings. The normalized spacial score (nSPS) is 13.2. The first kappa shape index (κ1) is 16.0. The molecule has 5 nitrogen and oxygen atoms in total. The number of hydrogen-bond donors (Lipinski definition) is 1. The summed E-state index contributed by atoms with van der Waals surface area (Å²) in [6.07, 6.45) is 0. The van der Waals surface area contributed by atoms with E-state index in [0.717, 1.165) is 0 Å². The fourth-order valence-corrected chi connectivity index (χ4v) is 5.18. The SMILES string of the molecule is Nc1ccc(P(=O)(c2ccccc2)c2ccc([N+](=O)[O-])cc2)cc1. The molecule has 3 aromatic carbocycles. The van der Waals surface area contributed by atoms with Crippen LogP contribution in [-0.2, 0) is 4.57 Å². The summed E-state index contributed by atoms with van der Waals surface area (Å²) in [5.41, 5.74) is 6.29. The number of benzene rings is 3. The maximum absolute atomic E-state index is 14.0. The topological polar surface area (TPSA) is 86.2 Å². The van der Waals surface area contributed by atoms with Gasteiger partial charge in [-0.2, -0.15) is 0 Å². The Balaban J connectivity index is 2.21. The highest BCUT2D eigenvalue weighted by atomic mass is 31.2. The molecule has 0 spiro atoms. The summed E-state index contributed by atoms with van der Waals surface area (Å²) < 4.78 is 14.0. The summed E-state index contributed by atoms with van der Waals surface area (Å²) >= 11 is 0. The smallest absolute Gasteiger partial charge is 0.269 e. The van der Waals surface area contributed by atoms with Crippen molar-refractivity contribution < 1.29 is 9.49 Å². The third-order valence-corrected chi connectivity index (χ3v) is 6.88. The highest BCUT2D eigenvalue weighted by Crippen LogP contribution is 2.42. The molecule has 0 heterocycles. The molecule has 0 saturated carbocycles. The average Bonchev–Trinajstić information content (AvgIpc) is 2.62. The highest BCUT2D eigenvalue weighted by Gasteiger charge is 2.29. The van der Waals surface area contributed by atoms with Crippen LogP contribution in [0.5, 0.6) is 0 Å². The van der Waals surface area contributed by atoms with Crippen molar-refractivity contribution in [2.75, 3.05) is 5.73 Å². The number of nitrogen functional groups attached to an aromatic ring is 1. The molecule has 120 valence electrons. The van der Waals surface area contributed by atoms with Crippen LogP contribution in [0.1, 0.15) is 0 Å². The van der Waals surface area contributed by atoms with Crippen LogP contribution in [0.2, 0.25) is 0 Å². The molecule has 0 radical (unpaired) electrons. The lowest BCUT2D eigenvalue weighted by Crippen LogP contribution is -2.25. The second-order valence-corrected chi connectivity index (χ2v) is 8.08. The minimum atomic E-state index is -3.12. The summed E-state index contributed by atoms with van der Waals surface area (Å²) in [5.74, 6) is 0. The van der Waals surface area contributed by atoms with Gasteiger partial charge in [0, 0.05) is 33.7 Å². The standard InChI is InChI=1S/C18H15N2O3P/c19-14-6-10-17(11-7-14)24(23,16-4-2-1-3-5-16)18-12-8-15(9-13-18)20(21)22/h1-13H,19H2. The minimum absolute atomic E-state index is 0.0318. The quantitative estimate of drug-likeness (QED) is 0.343. The number of nitrogens with two attached hydrogens (primary N) is 1. The van der Waals surface area contributed by atoms with Crippen LogP contribution in [0.4, 0.5) is 11.4 Å². The number of hydrogen-bond acceptors (Lipinski definition) is 4. The number of non-ortho nitro benzene ring substituents is 1. The molecule has 24 heavy (non-hydrogen) atoms. The second kappa shape index (κ2) is 6.30. The Morgan fingerprint density at radius 3 is 1.71 bits per heavy atom. The van der Waals surface area contributed by atoms with Gasteiger partial charge in [0.15, 0.2) is 7.14 Å². The summed E-state index contributed by atoms with van der Waals surface area (Å²) in [6.45, 7) is 0. The van der Waals surface area contributed by atoms with E-state index in [1.54, 1.807) is 48.5 Å². The van der Waals surface area contributed by atoms with E-state index in [2.05, 4.69) is 0 Å². The van der Waals surface area contributed by atoms with E-state index in [1.807, 2.05) is 18.2 Å². The van der Waals surface area contributed by atoms with Crippen molar-refractivity contribution in [2.24, 2.45) is 0 Å². The lowest BCUT2D eigenvalue weighted by molar-refractivity contribution is -0.384. The Morgan fingerprint density at radius 1 is 0.750 bits per heavy atom. The summed E-state index contributed by atoms with van der Waals surface area (Å²) in [4.78, 5) is 10.4. The molecule has 1 atom stereocenters. The predicted molar refractivity (Wildman–Crippen MR) is 96.9 cm³/mol. The molecular weight excluding hydrogens is 323 g/mol. The van der Waals surface area contributed by atoms with E-state index < -0.39 is 12.1 Å². The molecule has 0 fully saturated rings. The molecular formula is C18H15N2O3P. The Labute approximate surface area is 139 Å². The van der Waals surface area contributed by atoms with Gasteiger partial charge in [0.1, 0.15) is 0 Å². The zero-order valence-corrected chi connectivity index (χ0v) is 13.6. The van der Waals surface area contributed by atoms with Crippen LogP contribution in [-0.4, -0.2) is 4.92 Å². The van der Waals surface area contributed by atoms with Crippen molar-refractivity contribution in [1.82, 2.24) is 0 Å². The summed E-state index contributed by atoms with van der Waals surface area (Å²) in [5, 5.41) is 12.7. The van der Waals surface area contributed by atoms with Crippen molar-refractivity contribution in [1.29, 1.82) is 0 Å². The zero-order valence-electron chi connectivity index (χ0n) is 12.7. The van der Waals surface area contributed by atoms with Crippen LogP contribution in [0.3, 0.4) is 0 Å². The maximum atomic E-state index is 14.0. The van der Waals surface area contributed by atoms with E-state index in [1.165, 1.54) is 12.1 Å². The Morgan fingerprint density at radius 2 is 1.21 bits per heavy atom. The Kier molecular flexibility index (Phi) is 4.19. The molecule has 3 aromatic rings. The zero-order chi connectivity index (χ0) is 17.2. The van der Waals surface area contributed by atoms with Gasteiger partial charge in [-0.3, -0.25) is 10.1 Å². The van der Waals surface area contributed by atoms with E-state index in [-0.39, 0.29) is 5.69 Å². The predicted octanol–water partition coefficient (Wildman–Crippen LogP) is 2.82. The number of nitro groups is 1. The first-order valence-corrected chi connectivity index (χ1v) is 8.99. The van der Waals surface area contributed by atoms with Gasteiger partial charge in [-0.05, 0) is 36.4 Å². The van der Waals surface area contributed by atoms with E-state index in [9.17, 15) is 14.7 Å². The second-order valence-electron chi connectivity index (χ2n) is 5.31. The highest BCUT2D eigenvalue weighted by molar-refractivity contribution is 7.85.